The number of aliphatic hydroxyl groups excluding tert-OH is 1. The van der Waals surface area contributed by atoms with Crippen molar-refractivity contribution in [3.8, 4) is 0 Å². The van der Waals surface area contributed by atoms with Crippen molar-refractivity contribution in [1.29, 1.82) is 0 Å². The second kappa shape index (κ2) is 6.15. The highest BCUT2D eigenvalue weighted by Crippen LogP contribution is 2.36. The summed E-state index contributed by atoms with van der Waals surface area (Å²) in [4.78, 5) is 14.8. The summed E-state index contributed by atoms with van der Waals surface area (Å²) in [6.07, 6.45) is 0. The molecule has 1 atom stereocenters. The van der Waals surface area contributed by atoms with Gasteiger partial charge in [0.15, 0.2) is 0 Å². The Hall–Kier alpha value is -1.72. The first-order valence-electron chi connectivity index (χ1n) is 5.37. The molecule has 4 nitrogen and oxygen atoms in total. The Morgan fingerprint density at radius 1 is 1.40 bits per heavy atom. The van der Waals surface area contributed by atoms with Crippen LogP contribution in [-0.4, -0.2) is 28.8 Å². The van der Waals surface area contributed by atoms with E-state index in [1.54, 1.807) is 0 Å². The van der Waals surface area contributed by atoms with Gasteiger partial charge in [0.1, 0.15) is 6.61 Å². The molecule has 1 amide bonds. The number of nitrogens with one attached hydrogen (secondary N) is 1. The Morgan fingerprint density at radius 3 is 2.35 bits per heavy atom. The molecule has 0 spiro atoms. The van der Waals surface area contributed by atoms with Crippen LogP contribution in [0, 0.1) is 6.57 Å². The van der Waals surface area contributed by atoms with E-state index >= 15 is 0 Å². The van der Waals surface area contributed by atoms with E-state index in [4.69, 9.17) is 11.7 Å². The van der Waals surface area contributed by atoms with Crippen LogP contribution in [0.15, 0.2) is 29.2 Å². The average Bonchev–Trinajstić information content (AvgIpc) is 2.37. The molecule has 108 valence electrons. The first-order valence-corrected chi connectivity index (χ1v) is 6.18. The SMILES string of the molecule is [C-]#[N+]C(C)(CO)NC(=O)c1ccc(SC(F)(F)F)cc1. The molecule has 2 N–H and O–H groups in total. The molecule has 0 saturated heterocycles. The maximum atomic E-state index is 12.1. The molecule has 1 unspecified atom stereocenters. The third-order valence-electron chi connectivity index (χ3n) is 2.29. The van der Waals surface area contributed by atoms with Gasteiger partial charge in [0.05, 0.1) is 0 Å². The Labute approximate surface area is 117 Å². The normalized spacial score (nSPS) is 14.2. The number of hydrogen-bond acceptors (Lipinski definition) is 3. The van der Waals surface area contributed by atoms with Crippen molar-refractivity contribution in [2.45, 2.75) is 23.0 Å². The van der Waals surface area contributed by atoms with E-state index in [0.717, 1.165) is 0 Å². The summed E-state index contributed by atoms with van der Waals surface area (Å²) in [5.41, 5.74) is -5.72. The summed E-state index contributed by atoms with van der Waals surface area (Å²) in [5, 5.41) is 11.3. The Kier molecular flexibility index (Phi) is 5.03. The second-order valence-corrected chi connectivity index (χ2v) is 5.21. The van der Waals surface area contributed by atoms with Crippen molar-refractivity contribution in [2.75, 3.05) is 6.61 Å². The van der Waals surface area contributed by atoms with Gasteiger partial charge in [-0.3, -0.25) is 15.0 Å². The van der Waals surface area contributed by atoms with E-state index in [2.05, 4.69) is 10.2 Å². The molecule has 0 bridgehead atoms. The van der Waals surface area contributed by atoms with Crippen molar-refractivity contribution in [2.24, 2.45) is 0 Å². The number of hydrogen-bond donors (Lipinski definition) is 2. The van der Waals surface area contributed by atoms with Crippen LogP contribution < -0.4 is 5.32 Å². The van der Waals surface area contributed by atoms with Gasteiger partial charge in [-0.25, -0.2) is 6.57 Å². The standard InChI is InChI=1S/C12H11F3N2O2S/c1-11(7-18,16-2)17-10(19)8-3-5-9(6-4-8)20-12(13,14)15/h3-6,18H,7H2,1H3,(H,17,19). The Bertz CT molecular complexity index is 525. The van der Waals surface area contributed by atoms with Gasteiger partial charge in [0.2, 0.25) is 0 Å². The maximum Gasteiger partial charge on any atom is 0.446 e. The van der Waals surface area contributed by atoms with E-state index in [0.29, 0.717) is 0 Å². The molecule has 8 heteroatoms. The van der Waals surface area contributed by atoms with Gasteiger partial charge in [0, 0.05) is 17.4 Å². The molecule has 0 radical (unpaired) electrons. The van der Waals surface area contributed by atoms with E-state index in [-0.39, 0.29) is 22.2 Å². The van der Waals surface area contributed by atoms with Gasteiger partial charge in [-0.2, -0.15) is 13.2 Å². The Balaban J connectivity index is 2.79. The molecular formula is C12H11F3N2O2S. The third kappa shape index (κ3) is 4.75. The van der Waals surface area contributed by atoms with Crippen LogP contribution in [0.1, 0.15) is 17.3 Å². The zero-order valence-electron chi connectivity index (χ0n) is 10.4. The van der Waals surface area contributed by atoms with Crippen molar-refractivity contribution in [3.63, 3.8) is 0 Å². The molecule has 0 heterocycles. The monoisotopic (exact) mass is 304 g/mol. The van der Waals surface area contributed by atoms with Crippen molar-refractivity contribution >= 4 is 17.7 Å². The number of nitrogens with zero attached hydrogens (tertiary/aromatic N) is 1. The summed E-state index contributed by atoms with van der Waals surface area (Å²) in [7, 11) is 0. The van der Waals surface area contributed by atoms with Crippen LogP contribution in [0.3, 0.4) is 0 Å². The number of thioether (sulfide) groups is 1. The number of amides is 1. The molecular weight excluding hydrogens is 293 g/mol. The minimum Gasteiger partial charge on any atom is -0.386 e. The lowest BCUT2D eigenvalue weighted by atomic mass is 10.1. The molecule has 1 rings (SSSR count). The van der Waals surface area contributed by atoms with Crippen LogP contribution in [0.25, 0.3) is 4.85 Å². The summed E-state index contributed by atoms with van der Waals surface area (Å²) < 4.78 is 36.4. The molecule has 1 aromatic carbocycles. The third-order valence-corrected chi connectivity index (χ3v) is 3.03. The highest BCUT2D eigenvalue weighted by atomic mass is 32.2. The van der Waals surface area contributed by atoms with Crippen LogP contribution >= 0.6 is 11.8 Å². The molecule has 20 heavy (non-hydrogen) atoms. The maximum absolute atomic E-state index is 12.1. The molecule has 0 aromatic heterocycles. The highest BCUT2D eigenvalue weighted by molar-refractivity contribution is 8.00. The lowest BCUT2D eigenvalue weighted by Crippen LogP contribution is -2.46. The number of benzene rings is 1. The van der Waals surface area contributed by atoms with Crippen molar-refractivity contribution < 1.29 is 23.1 Å². The minimum absolute atomic E-state index is 0.0378. The molecule has 0 saturated carbocycles. The smallest absolute Gasteiger partial charge is 0.386 e. The van der Waals surface area contributed by atoms with Crippen molar-refractivity contribution in [3.05, 3.63) is 41.2 Å². The van der Waals surface area contributed by atoms with Crippen LogP contribution in [-0.2, 0) is 0 Å². The Morgan fingerprint density at radius 2 is 1.95 bits per heavy atom. The van der Waals surface area contributed by atoms with Crippen LogP contribution in [0.5, 0.6) is 0 Å². The number of rotatable bonds is 4. The minimum atomic E-state index is -4.39. The largest absolute Gasteiger partial charge is 0.446 e. The van der Waals surface area contributed by atoms with E-state index in [1.807, 2.05) is 0 Å². The molecule has 1 aromatic rings. The zero-order chi connectivity index (χ0) is 15.4. The molecule has 0 aliphatic rings. The zero-order valence-corrected chi connectivity index (χ0v) is 11.2. The fraction of sp³-hybridized carbons (Fsp3) is 0.333. The lowest BCUT2D eigenvalue weighted by Gasteiger charge is -2.16. The second-order valence-electron chi connectivity index (χ2n) is 4.07. The fourth-order valence-electron chi connectivity index (χ4n) is 1.23. The van der Waals surface area contributed by atoms with Crippen molar-refractivity contribution in [1.82, 2.24) is 5.32 Å². The van der Waals surface area contributed by atoms with Gasteiger partial charge in [0.25, 0.3) is 5.91 Å². The first-order chi connectivity index (χ1) is 9.19. The highest BCUT2D eigenvalue weighted by Gasteiger charge is 2.32. The van der Waals surface area contributed by atoms with Crippen LogP contribution in [0.2, 0.25) is 0 Å². The van der Waals surface area contributed by atoms with Gasteiger partial charge >= 0.3 is 11.2 Å². The van der Waals surface area contributed by atoms with Gasteiger partial charge < -0.3 is 5.11 Å². The topological polar surface area (TPSA) is 53.7 Å². The average molecular weight is 304 g/mol. The predicted molar refractivity (Wildman–Crippen MR) is 67.9 cm³/mol. The molecule has 0 aliphatic carbocycles. The molecule has 0 aliphatic heterocycles. The molecule has 0 fully saturated rings. The fourth-order valence-corrected chi connectivity index (χ4v) is 1.77. The summed E-state index contributed by atoms with van der Waals surface area (Å²) in [5.74, 6) is -0.638. The van der Waals surface area contributed by atoms with E-state index in [1.165, 1.54) is 31.2 Å². The van der Waals surface area contributed by atoms with Crippen LogP contribution in [0.4, 0.5) is 13.2 Å². The lowest BCUT2D eigenvalue weighted by molar-refractivity contribution is -0.0328. The number of carbonyl (C=O) groups excluding carboxylic acids is 1. The van der Waals surface area contributed by atoms with Gasteiger partial charge in [-0.1, -0.05) is 0 Å². The number of halogens is 3. The predicted octanol–water partition coefficient (Wildman–Crippen LogP) is 2.66. The van der Waals surface area contributed by atoms with Gasteiger partial charge in [-0.15, -0.1) is 0 Å². The summed E-state index contributed by atoms with van der Waals surface area (Å²) >= 11 is -0.277. The summed E-state index contributed by atoms with van der Waals surface area (Å²) in [6, 6.07) is 4.79. The summed E-state index contributed by atoms with van der Waals surface area (Å²) in [6.45, 7) is 7.64. The van der Waals surface area contributed by atoms with Gasteiger partial charge in [-0.05, 0) is 36.0 Å². The number of carbonyl (C=O) groups is 1. The first kappa shape index (κ1) is 16.3. The number of alkyl halides is 3. The quantitative estimate of drug-likeness (QED) is 0.664. The number of aliphatic hydroxyl groups is 1. The van der Waals surface area contributed by atoms with E-state index in [9.17, 15) is 18.0 Å². The van der Waals surface area contributed by atoms with E-state index < -0.39 is 23.7 Å².